The van der Waals surface area contributed by atoms with Gasteiger partial charge in [0.2, 0.25) is 5.91 Å². The molecule has 3 fully saturated rings. The SMILES string of the molecule is CCCN[C@@H]1C(=O)N2C(C(=O)OCCC)=C(C)CS[C@H]12.CCCOC(=O)C1=C(C)CS[C@@H]2[C@H](NC(=O)COc3ccccc3)C(=O)N12.CCCOC(=O)N[C@@H]1C(=O)N2C(C(=O)OCCC)=C(C)CS[C@H]12. The summed E-state index contributed by atoms with van der Waals surface area (Å²) in [5.41, 5.74) is 3.63. The third kappa shape index (κ3) is 13.2. The molecule has 6 aliphatic heterocycles. The van der Waals surface area contributed by atoms with Crippen LogP contribution in [0.1, 0.15) is 87.5 Å². The molecule has 70 heavy (non-hydrogen) atoms. The number of carbonyl (C=O) groups excluding carboxylic acids is 8. The van der Waals surface area contributed by atoms with Gasteiger partial charge in [0.15, 0.2) is 6.61 Å². The van der Waals surface area contributed by atoms with Crippen LogP contribution in [0.25, 0.3) is 0 Å². The van der Waals surface area contributed by atoms with E-state index in [-0.39, 0.29) is 58.4 Å². The Bertz CT molecular complexity index is 2210. The number of ether oxygens (including phenoxy) is 5. The fourth-order valence-corrected chi connectivity index (χ4v) is 11.6. The highest BCUT2D eigenvalue weighted by molar-refractivity contribution is 8.00. The second kappa shape index (κ2) is 26.9. The van der Waals surface area contributed by atoms with Crippen molar-refractivity contribution in [2.75, 3.05) is 56.8 Å². The highest BCUT2D eigenvalue weighted by Gasteiger charge is 2.56. The number of amides is 5. The number of thioether (sulfide) groups is 3. The molecule has 0 unspecified atom stereocenters. The van der Waals surface area contributed by atoms with E-state index in [2.05, 4.69) is 22.9 Å². The number of nitrogens with zero attached hydrogens (tertiary/aromatic N) is 3. The molecule has 1 aromatic carbocycles. The van der Waals surface area contributed by atoms with Gasteiger partial charge in [0.05, 0.1) is 26.4 Å². The van der Waals surface area contributed by atoms with Crippen molar-refractivity contribution in [3.63, 3.8) is 0 Å². The molecule has 0 spiro atoms. The van der Waals surface area contributed by atoms with E-state index in [0.717, 1.165) is 48.3 Å². The molecule has 6 heterocycles. The van der Waals surface area contributed by atoms with Crippen molar-refractivity contribution in [2.24, 2.45) is 0 Å². The first-order valence-corrected chi connectivity index (χ1v) is 26.9. The van der Waals surface area contributed by atoms with Crippen LogP contribution in [-0.2, 0) is 52.5 Å². The summed E-state index contributed by atoms with van der Waals surface area (Å²) in [5.74, 6) is 0.261. The number of nitrogens with one attached hydrogen (secondary N) is 3. The van der Waals surface area contributed by atoms with Gasteiger partial charge in [0.1, 0.15) is 57.1 Å². The van der Waals surface area contributed by atoms with Crippen LogP contribution in [0.15, 0.2) is 64.1 Å². The Balaban J connectivity index is 0.000000198. The average molecular weight is 1030 g/mol. The fourth-order valence-electron chi connectivity index (χ4n) is 7.68. The predicted octanol–water partition coefficient (Wildman–Crippen LogP) is 4.82. The fraction of sp³-hybridized carbons (Fsp3) is 0.583. The normalized spacial score (nSPS) is 23.0. The van der Waals surface area contributed by atoms with Gasteiger partial charge in [-0.1, -0.05) is 52.8 Å². The minimum Gasteiger partial charge on any atom is -0.484 e. The van der Waals surface area contributed by atoms with Crippen molar-refractivity contribution in [2.45, 2.75) is 122 Å². The van der Waals surface area contributed by atoms with Crippen molar-refractivity contribution < 1.29 is 62.0 Å². The molecule has 0 saturated carbocycles. The third-order valence-electron chi connectivity index (χ3n) is 11.1. The van der Waals surface area contributed by atoms with E-state index >= 15 is 0 Å². The molecule has 0 bridgehead atoms. The van der Waals surface area contributed by atoms with E-state index < -0.39 is 30.1 Å². The van der Waals surface area contributed by atoms with Crippen LogP contribution < -0.4 is 20.7 Å². The molecule has 6 atom stereocenters. The maximum atomic E-state index is 12.6. The molecule has 7 rings (SSSR count). The minimum absolute atomic E-state index is 0.0153. The molecule has 3 saturated heterocycles. The van der Waals surface area contributed by atoms with E-state index in [1.807, 2.05) is 66.7 Å². The summed E-state index contributed by atoms with van der Waals surface area (Å²) in [4.78, 5) is 102. The van der Waals surface area contributed by atoms with Gasteiger partial charge in [-0.05, 0) is 88.3 Å². The van der Waals surface area contributed by atoms with E-state index in [1.165, 1.54) is 33.3 Å². The van der Waals surface area contributed by atoms with Gasteiger partial charge in [0, 0.05) is 17.3 Å². The Labute approximate surface area is 422 Å². The van der Waals surface area contributed by atoms with Gasteiger partial charge in [-0.15, -0.1) is 35.3 Å². The van der Waals surface area contributed by atoms with E-state index in [9.17, 15) is 38.4 Å². The highest BCUT2D eigenvalue weighted by atomic mass is 32.2. The Morgan fingerprint density at radius 1 is 0.543 bits per heavy atom. The first-order valence-electron chi connectivity index (χ1n) is 23.7. The highest BCUT2D eigenvalue weighted by Crippen LogP contribution is 2.43. The van der Waals surface area contributed by atoms with Crippen LogP contribution in [0.5, 0.6) is 5.75 Å². The molecule has 0 radical (unpaired) electrons. The zero-order valence-corrected chi connectivity index (χ0v) is 43.6. The molecule has 22 heteroatoms. The number of para-hydroxylation sites is 1. The number of benzene rings is 1. The van der Waals surface area contributed by atoms with Crippen LogP contribution in [0.3, 0.4) is 0 Å². The summed E-state index contributed by atoms with van der Waals surface area (Å²) in [6.45, 7) is 17.2. The van der Waals surface area contributed by atoms with E-state index in [0.29, 0.717) is 73.6 Å². The molecule has 0 aliphatic carbocycles. The van der Waals surface area contributed by atoms with Crippen molar-refractivity contribution in [3.05, 3.63) is 64.1 Å². The first kappa shape index (κ1) is 55.7. The Morgan fingerprint density at radius 2 is 0.929 bits per heavy atom. The zero-order valence-electron chi connectivity index (χ0n) is 41.1. The molecule has 3 N–H and O–H groups in total. The summed E-state index contributed by atoms with van der Waals surface area (Å²) in [7, 11) is 0. The molecule has 19 nitrogen and oxygen atoms in total. The summed E-state index contributed by atoms with van der Waals surface area (Å²) < 4.78 is 25.9. The number of hydrogen-bond donors (Lipinski definition) is 3. The van der Waals surface area contributed by atoms with Gasteiger partial charge in [-0.2, -0.15) is 0 Å². The molecular formula is C48H66N6O13S3. The van der Waals surface area contributed by atoms with Crippen LogP contribution >= 0.6 is 35.3 Å². The van der Waals surface area contributed by atoms with Gasteiger partial charge < -0.3 is 39.6 Å². The molecule has 1 aromatic rings. The summed E-state index contributed by atoms with van der Waals surface area (Å²) in [6, 6.07) is 7.50. The standard InChI is InChI=1S/C19H22N2O5S.C15H22N2O5S.C14H22N2O3S/c1-3-9-25-19(24)16-12(2)11-27-18-15(17(23)21(16)18)20-14(22)10-26-13-7-5-4-6-8-13;1-4-6-21-14(19)11-9(3)8-23-13-10(12(18)17(11)13)16-15(20)22-7-5-2;1-4-6-15-10-12(17)16-11(14(18)19-7-5-2)9(3)8-20-13(10)16/h4-8,15,18H,3,9-11H2,1-2H3,(H,20,22);10,13H,4-8H2,1-3H3,(H,16,20);10,13,15H,4-8H2,1-3H3/t15-,18-;2*10-,13-/m111/s1. The number of alkyl carbamates (subject to hydrolysis) is 1. The maximum absolute atomic E-state index is 12.6. The molecule has 5 amide bonds. The lowest BCUT2D eigenvalue weighted by Gasteiger charge is -2.49. The molecular weight excluding hydrogens is 965 g/mol. The van der Waals surface area contributed by atoms with Crippen molar-refractivity contribution >= 4 is 82.9 Å². The smallest absolute Gasteiger partial charge is 0.407 e. The van der Waals surface area contributed by atoms with Gasteiger partial charge in [-0.3, -0.25) is 33.9 Å². The van der Waals surface area contributed by atoms with Crippen molar-refractivity contribution in [3.8, 4) is 5.75 Å². The van der Waals surface area contributed by atoms with Gasteiger partial charge in [0.25, 0.3) is 17.7 Å². The minimum atomic E-state index is -0.663. The lowest BCUT2D eigenvalue weighted by atomic mass is 10.0. The third-order valence-corrected chi connectivity index (χ3v) is 15.4. The second-order valence-electron chi connectivity index (χ2n) is 16.9. The Morgan fingerprint density at radius 3 is 1.34 bits per heavy atom. The molecule has 6 aliphatic rings. The van der Waals surface area contributed by atoms with Crippen molar-refractivity contribution in [1.29, 1.82) is 0 Å². The van der Waals surface area contributed by atoms with E-state index in [4.69, 9.17) is 23.7 Å². The number of fused-ring (bicyclic) bond motifs is 3. The van der Waals surface area contributed by atoms with Gasteiger partial charge in [-0.25, -0.2) is 19.2 Å². The number of rotatable bonds is 19. The largest absolute Gasteiger partial charge is 0.484 e. The first-order chi connectivity index (χ1) is 33.6. The number of hydrogen-bond acceptors (Lipinski definition) is 17. The molecule has 384 valence electrons. The number of esters is 3. The average Bonchev–Trinajstić information content (AvgIpc) is 3.36. The predicted molar refractivity (Wildman–Crippen MR) is 266 cm³/mol. The van der Waals surface area contributed by atoms with Crippen LogP contribution in [0.2, 0.25) is 0 Å². The maximum Gasteiger partial charge on any atom is 0.407 e. The Kier molecular flexibility index (Phi) is 21.4. The monoisotopic (exact) mass is 1030 g/mol. The number of β-lactam (4-membered cyclic amide) rings is 3. The van der Waals surface area contributed by atoms with Crippen molar-refractivity contribution in [1.82, 2.24) is 30.7 Å². The topological polar surface area (TPSA) is 229 Å². The number of carbonyl (C=O) groups is 8. The lowest BCUT2D eigenvalue weighted by Crippen LogP contribution is -2.70. The molecule has 0 aromatic heterocycles. The van der Waals surface area contributed by atoms with E-state index in [1.54, 1.807) is 28.8 Å². The van der Waals surface area contributed by atoms with Gasteiger partial charge >= 0.3 is 24.0 Å². The quantitative estimate of drug-likeness (QED) is 0.0958. The zero-order chi connectivity index (χ0) is 51.1. The van der Waals surface area contributed by atoms with Crippen LogP contribution in [-0.4, -0.2) is 153 Å². The summed E-state index contributed by atoms with van der Waals surface area (Å²) in [5, 5.41) is 7.96. The van der Waals surface area contributed by atoms with Crippen LogP contribution in [0.4, 0.5) is 4.79 Å². The lowest BCUT2D eigenvalue weighted by molar-refractivity contribution is -0.153. The van der Waals surface area contributed by atoms with Crippen LogP contribution in [0, 0.1) is 0 Å². The summed E-state index contributed by atoms with van der Waals surface area (Å²) >= 11 is 4.74. The summed E-state index contributed by atoms with van der Waals surface area (Å²) in [6.07, 6.45) is 3.31. The second-order valence-corrected chi connectivity index (χ2v) is 20.2. The Hall–Kier alpha value is -5.19.